The molecule has 14 heavy (non-hydrogen) atoms. The molecule has 0 aliphatic carbocycles. The lowest BCUT2D eigenvalue weighted by Crippen LogP contribution is -2.11. The molecule has 2 heterocycles. The largest absolute Gasteiger partial charge is 0.448 e. The highest BCUT2D eigenvalue weighted by Crippen LogP contribution is 2.18. The van der Waals surface area contributed by atoms with Crippen molar-refractivity contribution in [3.8, 4) is 0 Å². The van der Waals surface area contributed by atoms with Crippen LogP contribution in [0.2, 0.25) is 0 Å². The van der Waals surface area contributed by atoms with Crippen LogP contribution in [0.15, 0.2) is 0 Å². The summed E-state index contributed by atoms with van der Waals surface area (Å²) in [6, 6.07) is 0. The number of hydrogen-bond donors (Lipinski definition) is 1. The van der Waals surface area contributed by atoms with Crippen LogP contribution >= 0.6 is 0 Å². The SMILES string of the molecule is CC1CCCS1(=O)=O.O=C1NCCO1. The van der Waals surface area contributed by atoms with Gasteiger partial charge in [-0.15, -0.1) is 0 Å². The van der Waals surface area contributed by atoms with Gasteiger partial charge in [0, 0.05) is 0 Å². The van der Waals surface area contributed by atoms with E-state index < -0.39 is 9.84 Å². The molecule has 0 aromatic rings. The molecule has 82 valence electrons. The molecule has 2 rings (SSSR count). The second kappa shape index (κ2) is 4.63. The Labute approximate surface area is 83.7 Å². The number of sulfone groups is 1. The van der Waals surface area contributed by atoms with Gasteiger partial charge < -0.3 is 10.1 Å². The molecule has 0 spiro atoms. The Balaban J connectivity index is 0.000000146. The van der Waals surface area contributed by atoms with E-state index in [9.17, 15) is 13.2 Å². The maximum absolute atomic E-state index is 10.8. The highest BCUT2D eigenvalue weighted by molar-refractivity contribution is 7.92. The van der Waals surface area contributed by atoms with E-state index >= 15 is 0 Å². The fourth-order valence-corrected chi connectivity index (χ4v) is 2.80. The first-order valence-electron chi connectivity index (χ1n) is 4.64. The Kier molecular flexibility index (Phi) is 3.74. The average molecular weight is 221 g/mol. The lowest BCUT2D eigenvalue weighted by Gasteiger charge is -1.96. The average Bonchev–Trinajstić information content (AvgIpc) is 2.65. The third kappa shape index (κ3) is 3.17. The lowest BCUT2D eigenvalue weighted by atomic mass is 10.3. The van der Waals surface area contributed by atoms with Crippen LogP contribution in [0.1, 0.15) is 19.8 Å². The molecule has 1 unspecified atom stereocenters. The maximum Gasteiger partial charge on any atom is 0.407 e. The van der Waals surface area contributed by atoms with Crippen molar-refractivity contribution in [3.05, 3.63) is 0 Å². The van der Waals surface area contributed by atoms with Crippen LogP contribution in [0.25, 0.3) is 0 Å². The number of amides is 1. The second-order valence-electron chi connectivity index (χ2n) is 3.38. The normalized spacial score (nSPS) is 28.6. The van der Waals surface area contributed by atoms with Crippen molar-refractivity contribution >= 4 is 15.9 Å². The number of carbonyl (C=O) groups is 1. The van der Waals surface area contributed by atoms with E-state index in [2.05, 4.69) is 10.1 Å². The number of nitrogens with one attached hydrogen (secondary N) is 1. The quantitative estimate of drug-likeness (QED) is 0.639. The van der Waals surface area contributed by atoms with Crippen molar-refractivity contribution in [1.82, 2.24) is 5.32 Å². The van der Waals surface area contributed by atoms with Crippen molar-refractivity contribution in [2.24, 2.45) is 0 Å². The van der Waals surface area contributed by atoms with Gasteiger partial charge in [0.15, 0.2) is 9.84 Å². The summed E-state index contributed by atoms with van der Waals surface area (Å²) in [6.45, 7) is 2.97. The Morgan fingerprint density at radius 1 is 1.50 bits per heavy atom. The highest BCUT2D eigenvalue weighted by atomic mass is 32.2. The summed E-state index contributed by atoms with van der Waals surface area (Å²) in [4.78, 5) is 9.91. The first-order valence-corrected chi connectivity index (χ1v) is 6.36. The summed E-state index contributed by atoms with van der Waals surface area (Å²) < 4.78 is 25.9. The summed E-state index contributed by atoms with van der Waals surface area (Å²) in [5, 5.41) is 2.39. The van der Waals surface area contributed by atoms with E-state index in [1.807, 2.05) is 0 Å². The first kappa shape index (κ1) is 11.3. The van der Waals surface area contributed by atoms with E-state index in [4.69, 9.17) is 0 Å². The van der Waals surface area contributed by atoms with Crippen LogP contribution in [0.4, 0.5) is 4.79 Å². The number of ether oxygens (including phenoxy) is 1. The molecular weight excluding hydrogens is 206 g/mol. The number of cyclic esters (lactones) is 1. The molecule has 1 N–H and O–H groups in total. The van der Waals surface area contributed by atoms with Gasteiger partial charge in [-0.25, -0.2) is 13.2 Å². The van der Waals surface area contributed by atoms with Crippen molar-refractivity contribution in [2.75, 3.05) is 18.9 Å². The fourth-order valence-electron chi connectivity index (χ4n) is 1.30. The van der Waals surface area contributed by atoms with Crippen LogP contribution in [0.5, 0.6) is 0 Å². The molecular formula is C8H15NO4S. The Morgan fingerprint density at radius 2 is 2.21 bits per heavy atom. The minimum absolute atomic E-state index is 0.0671. The van der Waals surface area contributed by atoms with Crippen LogP contribution in [0.3, 0.4) is 0 Å². The molecule has 2 aliphatic heterocycles. The van der Waals surface area contributed by atoms with Gasteiger partial charge in [-0.1, -0.05) is 0 Å². The highest BCUT2D eigenvalue weighted by Gasteiger charge is 2.26. The molecule has 1 amide bonds. The van der Waals surface area contributed by atoms with Gasteiger partial charge in [-0.05, 0) is 19.8 Å². The van der Waals surface area contributed by atoms with E-state index in [-0.39, 0.29) is 11.3 Å². The fraction of sp³-hybridized carbons (Fsp3) is 0.875. The number of carbonyl (C=O) groups excluding carboxylic acids is 1. The summed E-state index contributed by atoms with van der Waals surface area (Å²) in [5.41, 5.74) is 0. The Morgan fingerprint density at radius 3 is 2.36 bits per heavy atom. The molecule has 0 radical (unpaired) electrons. The van der Waals surface area contributed by atoms with Gasteiger partial charge in [0.25, 0.3) is 0 Å². The monoisotopic (exact) mass is 221 g/mol. The van der Waals surface area contributed by atoms with Gasteiger partial charge in [-0.2, -0.15) is 0 Å². The molecule has 0 aromatic heterocycles. The van der Waals surface area contributed by atoms with Crippen LogP contribution in [-0.4, -0.2) is 38.7 Å². The summed E-state index contributed by atoms with van der Waals surface area (Å²) in [7, 11) is -2.62. The molecule has 2 fully saturated rings. The summed E-state index contributed by atoms with van der Waals surface area (Å²) in [6.07, 6.45) is 1.43. The third-order valence-corrected chi connectivity index (χ3v) is 4.58. The molecule has 0 aromatic carbocycles. The predicted molar refractivity (Wildman–Crippen MR) is 51.8 cm³/mol. The number of rotatable bonds is 0. The zero-order valence-corrected chi connectivity index (χ0v) is 8.97. The lowest BCUT2D eigenvalue weighted by molar-refractivity contribution is 0.178. The molecule has 6 heteroatoms. The summed E-state index contributed by atoms with van der Waals surface area (Å²) in [5.74, 6) is 0.411. The minimum Gasteiger partial charge on any atom is -0.448 e. The van der Waals surface area contributed by atoms with Crippen LogP contribution < -0.4 is 5.32 Å². The standard InChI is InChI=1S/C5H10O2S.C3H5NO2/c1-5-3-2-4-8(5,6)7;5-3-4-1-2-6-3/h5H,2-4H2,1H3;1-2H2,(H,4,5). The molecule has 0 bridgehead atoms. The molecule has 2 saturated heterocycles. The zero-order valence-electron chi connectivity index (χ0n) is 8.15. The number of hydrogen-bond acceptors (Lipinski definition) is 4. The smallest absolute Gasteiger partial charge is 0.407 e. The van der Waals surface area contributed by atoms with Crippen molar-refractivity contribution in [2.45, 2.75) is 25.0 Å². The topological polar surface area (TPSA) is 72.5 Å². The van der Waals surface area contributed by atoms with Crippen LogP contribution in [-0.2, 0) is 14.6 Å². The molecule has 1 atom stereocenters. The van der Waals surface area contributed by atoms with E-state index in [1.165, 1.54) is 0 Å². The van der Waals surface area contributed by atoms with Crippen molar-refractivity contribution in [3.63, 3.8) is 0 Å². The van der Waals surface area contributed by atoms with Gasteiger partial charge in [-0.3, -0.25) is 0 Å². The Bertz CT molecular complexity index is 290. The third-order valence-electron chi connectivity index (χ3n) is 2.26. The van der Waals surface area contributed by atoms with Gasteiger partial charge in [0.1, 0.15) is 6.61 Å². The van der Waals surface area contributed by atoms with E-state index in [0.717, 1.165) is 12.8 Å². The van der Waals surface area contributed by atoms with E-state index in [0.29, 0.717) is 18.9 Å². The maximum atomic E-state index is 10.8. The molecule has 5 nitrogen and oxygen atoms in total. The van der Waals surface area contributed by atoms with Crippen molar-refractivity contribution in [1.29, 1.82) is 0 Å². The minimum atomic E-state index is -2.62. The second-order valence-corrected chi connectivity index (χ2v) is 5.92. The van der Waals surface area contributed by atoms with Gasteiger partial charge >= 0.3 is 6.09 Å². The zero-order chi connectivity index (χ0) is 10.6. The number of alkyl carbamates (subject to hydrolysis) is 1. The molecule has 0 saturated carbocycles. The van der Waals surface area contributed by atoms with Crippen LogP contribution in [0, 0.1) is 0 Å². The first-order chi connectivity index (χ1) is 6.52. The van der Waals surface area contributed by atoms with Crippen molar-refractivity contribution < 1.29 is 17.9 Å². The molecule has 2 aliphatic rings. The van der Waals surface area contributed by atoms with Gasteiger partial charge in [0.05, 0.1) is 17.5 Å². The Hall–Kier alpha value is -0.780. The van der Waals surface area contributed by atoms with E-state index in [1.54, 1.807) is 6.92 Å². The van der Waals surface area contributed by atoms with Gasteiger partial charge in [0.2, 0.25) is 0 Å². The summed E-state index contributed by atoms with van der Waals surface area (Å²) >= 11 is 0. The predicted octanol–water partition coefficient (Wildman–Crippen LogP) is 0.310.